The summed E-state index contributed by atoms with van der Waals surface area (Å²) in [5.41, 5.74) is 6.04. The Morgan fingerprint density at radius 3 is 2.27 bits per heavy atom. The van der Waals surface area contributed by atoms with E-state index in [1.165, 1.54) is 0 Å². The highest BCUT2D eigenvalue weighted by Gasteiger charge is 2.20. The summed E-state index contributed by atoms with van der Waals surface area (Å²) in [6, 6.07) is 14.1. The van der Waals surface area contributed by atoms with Gasteiger partial charge in [0.2, 0.25) is 11.3 Å². The quantitative estimate of drug-likeness (QED) is 0.327. The fraction of sp³-hybridized carbons (Fsp3) is 0.0909. The molecule has 11 heteroatoms. The molecule has 5 rings (SSSR count). The van der Waals surface area contributed by atoms with E-state index in [1.807, 2.05) is 6.07 Å². The Morgan fingerprint density at radius 2 is 1.61 bits per heavy atom. The number of benzene rings is 2. The molecular formula is C22H18N4O7. The minimum absolute atomic E-state index is 0.0933. The van der Waals surface area contributed by atoms with Crippen molar-refractivity contribution in [3.8, 4) is 0 Å². The van der Waals surface area contributed by atoms with Gasteiger partial charge in [-0.2, -0.15) is 0 Å². The molecule has 0 atom stereocenters. The Kier molecular flexibility index (Phi) is 5.68. The summed E-state index contributed by atoms with van der Waals surface area (Å²) in [7, 11) is 0. The zero-order valence-corrected chi connectivity index (χ0v) is 17.3. The molecule has 33 heavy (non-hydrogen) atoms. The Bertz CT molecular complexity index is 1610. The fourth-order valence-electron chi connectivity index (χ4n) is 3.25. The van der Waals surface area contributed by atoms with Crippen LogP contribution in [0, 0.1) is 0 Å². The molecule has 0 fully saturated rings. The topological polar surface area (TPSA) is 173 Å². The zero-order valence-electron chi connectivity index (χ0n) is 17.3. The number of rotatable bonds is 3. The van der Waals surface area contributed by atoms with Gasteiger partial charge < -0.3 is 24.3 Å². The smallest absolute Gasteiger partial charge is 0.411 e. The van der Waals surface area contributed by atoms with E-state index in [4.69, 9.17) is 19.3 Å². The van der Waals surface area contributed by atoms with E-state index in [2.05, 4.69) is 15.3 Å². The summed E-state index contributed by atoms with van der Waals surface area (Å²) in [4.78, 5) is 49.8. The number of carbonyl (C=O) groups is 2. The van der Waals surface area contributed by atoms with Crippen molar-refractivity contribution in [2.75, 3.05) is 11.9 Å². The van der Waals surface area contributed by atoms with E-state index in [1.54, 1.807) is 49.4 Å². The molecular weight excluding hydrogens is 432 g/mol. The molecule has 0 spiro atoms. The number of primary amides is 1. The number of aromatic nitrogens is 2. The third-order valence-electron chi connectivity index (χ3n) is 4.59. The molecule has 2 aromatic carbocycles. The molecule has 0 unspecified atom stereocenters. The van der Waals surface area contributed by atoms with Crippen LogP contribution in [0.2, 0.25) is 0 Å². The standard InChI is InChI=1S/C12H12N2O4.C10H6N2O3/c1-2-17-12(16)14-9-7-5-3-4-6-8(7)18-10(9)11(13)15;13-9-8-7(11-10(14)12-9)5-3-1-2-4-6(5)15-8/h3-6H,2H2,1H3,(H2,13,15)(H,14,16);1-4H,(H2,11,12,13,14). The number of carbonyl (C=O) groups excluding carboxylic acids is 2. The monoisotopic (exact) mass is 450 g/mol. The second-order valence-corrected chi connectivity index (χ2v) is 6.72. The first-order chi connectivity index (χ1) is 15.9. The number of anilines is 1. The number of hydrogen-bond acceptors (Lipinski definition) is 7. The summed E-state index contributed by atoms with van der Waals surface area (Å²) >= 11 is 0. The first-order valence-electron chi connectivity index (χ1n) is 9.78. The lowest BCUT2D eigenvalue weighted by Crippen LogP contribution is -2.20. The molecule has 0 aliphatic rings. The number of H-pyrrole nitrogens is 2. The van der Waals surface area contributed by atoms with Gasteiger partial charge in [-0.3, -0.25) is 19.9 Å². The molecule has 0 aliphatic carbocycles. The average molecular weight is 450 g/mol. The lowest BCUT2D eigenvalue weighted by molar-refractivity contribution is 0.0977. The number of ether oxygens (including phenoxy) is 1. The van der Waals surface area contributed by atoms with Gasteiger partial charge in [0.15, 0.2) is 0 Å². The molecule has 0 saturated heterocycles. The average Bonchev–Trinajstić information content (AvgIpc) is 3.34. The van der Waals surface area contributed by atoms with Crippen molar-refractivity contribution in [3.05, 3.63) is 75.1 Å². The van der Waals surface area contributed by atoms with Gasteiger partial charge in [-0.15, -0.1) is 0 Å². The van der Waals surface area contributed by atoms with Crippen LogP contribution in [0.5, 0.6) is 0 Å². The van der Waals surface area contributed by atoms with Crippen molar-refractivity contribution in [2.24, 2.45) is 5.73 Å². The predicted molar refractivity (Wildman–Crippen MR) is 120 cm³/mol. The summed E-state index contributed by atoms with van der Waals surface area (Å²) in [5.74, 6) is -0.845. The van der Waals surface area contributed by atoms with Crippen molar-refractivity contribution in [3.63, 3.8) is 0 Å². The Hall–Kier alpha value is -4.80. The van der Waals surface area contributed by atoms with E-state index in [-0.39, 0.29) is 23.6 Å². The van der Waals surface area contributed by atoms with Crippen LogP contribution < -0.4 is 22.3 Å². The first-order valence-corrected chi connectivity index (χ1v) is 9.78. The maximum Gasteiger partial charge on any atom is 0.411 e. The van der Waals surface area contributed by atoms with E-state index < -0.39 is 23.2 Å². The van der Waals surface area contributed by atoms with Crippen LogP contribution in [-0.2, 0) is 4.74 Å². The van der Waals surface area contributed by atoms with Crippen LogP contribution >= 0.6 is 0 Å². The second kappa shape index (κ2) is 8.75. The number of furan rings is 2. The molecule has 0 saturated carbocycles. The normalized spacial score (nSPS) is 10.7. The maximum atomic E-state index is 11.4. The number of hydrogen-bond donors (Lipinski definition) is 4. The molecule has 0 bridgehead atoms. The van der Waals surface area contributed by atoms with Crippen molar-refractivity contribution < 1.29 is 23.2 Å². The first kappa shape index (κ1) is 21.4. The third kappa shape index (κ3) is 4.19. The number of nitrogens with one attached hydrogen (secondary N) is 3. The van der Waals surface area contributed by atoms with E-state index in [0.717, 1.165) is 5.39 Å². The Balaban J connectivity index is 0.000000159. The van der Waals surface area contributed by atoms with Gasteiger partial charge in [-0.1, -0.05) is 24.3 Å². The van der Waals surface area contributed by atoms with Crippen LogP contribution in [0.25, 0.3) is 33.0 Å². The van der Waals surface area contributed by atoms with Gasteiger partial charge in [0.1, 0.15) is 22.4 Å². The highest BCUT2D eigenvalue weighted by molar-refractivity contribution is 6.09. The predicted octanol–water partition coefficient (Wildman–Crippen LogP) is 3.06. The SMILES string of the molecule is CCOC(=O)Nc1c(C(N)=O)oc2ccccc12.O=c1[nH]c(=O)c2oc3ccccc3c2[nH]1. The highest BCUT2D eigenvalue weighted by atomic mass is 16.5. The summed E-state index contributed by atoms with van der Waals surface area (Å²) < 4.78 is 15.4. The van der Waals surface area contributed by atoms with Gasteiger partial charge in [0, 0.05) is 10.8 Å². The molecule has 2 amide bonds. The number of para-hydroxylation sites is 2. The minimum atomic E-state index is -0.752. The van der Waals surface area contributed by atoms with Crippen LogP contribution in [0.4, 0.5) is 10.5 Å². The molecule has 0 aliphatic heterocycles. The van der Waals surface area contributed by atoms with Gasteiger partial charge >= 0.3 is 11.8 Å². The third-order valence-corrected chi connectivity index (χ3v) is 4.59. The molecule has 0 radical (unpaired) electrons. The number of fused-ring (bicyclic) bond motifs is 4. The van der Waals surface area contributed by atoms with Crippen LogP contribution in [-0.4, -0.2) is 28.6 Å². The van der Waals surface area contributed by atoms with Crippen LogP contribution in [0.3, 0.4) is 0 Å². The van der Waals surface area contributed by atoms with Crippen molar-refractivity contribution in [1.82, 2.24) is 9.97 Å². The van der Waals surface area contributed by atoms with Crippen molar-refractivity contribution in [2.45, 2.75) is 6.92 Å². The van der Waals surface area contributed by atoms with Crippen LogP contribution in [0.1, 0.15) is 17.5 Å². The number of nitrogens with two attached hydrogens (primary N) is 1. The zero-order chi connectivity index (χ0) is 23.5. The maximum absolute atomic E-state index is 11.4. The van der Waals surface area contributed by atoms with Gasteiger partial charge in [-0.25, -0.2) is 9.59 Å². The lowest BCUT2D eigenvalue weighted by atomic mass is 10.2. The van der Waals surface area contributed by atoms with E-state index >= 15 is 0 Å². The second-order valence-electron chi connectivity index (χ2n) is 6.72. The summed E-state index contributed by atoms with van der Waals surface area (Å²) in [5, 5.41) is 3.79. The molecule has 168 valence electrons. The molecule has 3 heterocycles. The van der Waals surface area contributed by atoms with Gasteiger partial charge in [0.05, 0.1) is 6.61 Å². The van der Waals surface area contributed by atoms with Gasteiger partial charge in [-0.05, 0) is 31.2 Å². The van der Waals surface area contributed by atoms with Crippen molar-refractivity contribution in [1.29, 1.82) is 0 Å². The molecule has 5 aromatic rings. The molecule has 11 nitrogen and oxygen atoms in total. The van der Waals surface area contributed by atoms with Crippen molar-refractivity contribution >= 4 is 50.7 Å². The van der Waals surface area contributed by atoms with E-state index in [9.17, 15) is 19.2 Å². The van der Waals surface area contributed by atoms with Gasteiger partial charge in [0.25, 0.3) is 11.5 Å². The summed E-state index contributed by atoms with van der Waals surface area (Å²) in [6.07, 6.45) is -0.661. The molecule has 5 N–H and O–H groups in total. The Labute approximate surface area is 184 Å². The lowest BCUT2D eigenvalue weighted by Gasteiger charge is -2.04. The van der Waals surface area contributed by atoms with Crippen LogP contribution in [0.15, 0.2) is 67.0 Å². The number of amides is 2. The van der Waals surface area contributed by atoms with E-state index in [0.29, 0.717) is 22.1 Å². The Morgan fingerprint density at radius 1 is 0.970 bits per heavy atom. The fourth-order valence-corrected chi connectivity index (χ4v) is 3.25. The summed E-state index contributed by atoms with van der Waals surface area (Å²) in [6.45, 7) is 1.91. The largest absolute Gasteiger partial charge is 0.450 e. The highest BCUT2D eigenvalue weighted by Crippen LogP contribution is 2.30. The number of aromatic amines is 2. The molecule has 3 aromatic heterocycles. The minimum Gasteiger partial charge on any atom is -0.450 e.